The lowest BCUT2D eigenvalue weighted by Crippen LogP contribution is -2.11. The summed E-state index contributed by atoms with van der Waals surface area (Å²) in [7, 11) is 1.73. The maximum atomic E-state index is 12.3. The van der Waals surface area contributed by atoms with Gasteiger partial charge in [0.05, 0.1) is 10.6 Å². The summed E-state index contributed by atoms with van der Waals surface area (Å²) in [5.74, 6) is 0.208. The number of carbonyl (C=O) groups excluding carboxylic acids is 1. The quantitative estimate of drug-likeness (QED) is 0.704. The Hall–Kier alpha value is -2.26. The molecule has 0 amide bonds. The van der Waals surface area contributed by atoms with Crippen LogP contribution in [0.15, 0.2) is 21.9 Å². The number of ether oxygens (including phenoxy) is 1. The van der Waals surface area contributed by atoms with Gasteiger partial charge in [-0.25, -0.2) is 4.79 Å². The highest BCUT2D eigenvalue weighted by atomic mass is 32.1. The van der Waals surface area contributed by atoms with Crippen LogP contribution in [0.5, 0.6) is 0 Å². The summed E-state index contributed by atoms with van der Waals surface area (Å²) >= 11 is 2.72. The molecule has 3 rings (SSSR count). The smallest absolute Gasteiger partial charge is 0.343 e. The Morgan fingerprint density at radius 1 is 1.43 bits per heavy atom. The van der Waals surface area contributed by atoms with Crippen molar-refractivity contribution in [3.05, 3.63) is 34.7 Å². The highest BCUT2D eigenvalue weighted by Crippen LogP contribution is 2.29. The van der Waals surface area contributed by atoms with Gasteiger partial charge in [0.25, 0.3) is 11.8 Å². The molecule has 1 N–H and O–H groups in total. The van der Waals surface area contributed by atoms with Crippen LogP contribution in [0.2, 0.25) is 0 Å². The molecular weight excluding hydrogens is 336 g/mol. The number of aryl methyl sites for hydroxylation is 1. The normalized spacial score (nSPS) is 12.1. The highest BCUT2D eigenvalue weighted by Gasteiger charge is 2.24. The molecule has 120 valence electrons. The number of anilines is 1. The fourth-order valence-electron chi connectivity index (χ4n) is 1.95. The zero-order valence-corrected chi connectivity index (χ0v) is 14.3. The lowest BCUT2D eigenvalue weighted by molar-refractivity contribution is 0.0280. The summed E-state index contributed by atoms with van der Waals surface area (Å²) in [6.07, 6.45) is -0.646. The predicted molar refractivity (Wildman–Crippen MR) is 87.8 cm³/mol. The average Bonchev–Trinajstić information content (AvgIpc) is 3.26. The molecule has 0 bridgehead atoms. The van der Waals surface area contributed by atoms with Gasteiger partial charge in [0.15, 0.2) is 6.10 Å². The second kappa shape index (κ2) is 6.47. The van der Waals surface area contributed by atoms with Crippen molar-refractivity contribution >= 4 is 33.8 Å². The molecule has 9 heteroatoms. The van der Waals surface area contributed by atoms with E-state index in [1.165, 1.54) is 22.9 Å². The number of nitrogens with one attached hydrogen (secondary N) is 1. The van der Waals surface area contributed by atoms with E-state index in [4.69, 9.17) is 9.15 Å². The molecule has 7 nitrogen and oxygen atoms in total. The molecule has 0 aromatic carbocycles. The number of aromatic nitrogens is 3. The molecule has 3 heterocycles. The molecule has 0 radical (unpaired) electrons. The molecule has 0 fully saturated rings. The Morgan fingerprint density at radius 3 is 2.96 bits per heavy atom. The Bertz CT molecular complexity index is 810. The van der Waals surface area contributed by atoms with Gasteiger partial charge in [0.2, 0.25) is 0 Å². The van der Waals surface area contributed by atoms with Gasteiger partial charge in [-0.3, -0.25) is 0 Å². The maximum absolute atomic E-state index is 12.3. The topological polar surface area (TPSA) is 90.1 Å². The first kappa shape index (κ1) is 15.6. The van der Waals surface area contributed by atoms with Crippen LogP contribution in [0.3, 0.4) is 0 Å². The molecule has 0 aliphatic heterocycles. The van der Waals surface area contributed by atoms with E-state index < -0.39 is 12.1 Å². The van der Waals surface area contributed by atoms with E-state index in [1.807, 2.05) is 17.5 Å². The molecule has 3 aromatic heterocycles. The summed E-state index contributed by atoms with van der Waals surface area (Å²) in [6.45, 7) is 3.46. The molecule has 0 saturated carbocycles. The third-order valence-corrected chi connectivity index (χ3v) is 4.91. The highest BCUT2D eigenvalue weighted by molar-refractivity contribution is 7.13. The summed E-state index contributed by atoms with van der Waals surface area (Å²) in [5.41, 5.74) is 1.06. The van der Waals surface area contributed by atoms with Crippen LogP contribution in [0.4, 0.5) is 5.00 Å². The van der Waals surface area contributed by atoms with Crippen molar-refractivity contribution in [3.8, 4) is 10.8 Å². The lowest BCUT2D eigenvalue weighted by atomic mass is 10.2. The van der Waals surface area contributed by atoms with E-state index >= 15 is 0 Å². The Morgan fingerprint density at radius 2 is 2.26 bits per heavy atom. The number of thiophene rings is 1. The zero-order valence-electron chi connectivity index (χ0n) is 12.7. The summed E-state index contributed by atoms with van der Waals surface area (Å²) in [5, 5.41) is 13.5. The van der Waals surface area contributed by atoms with E-state index in [2.05, 4.69) is 19.9 Å². The average molecular weight is 350 g/mol. The van der Waals surface area contributed by atoms with Gasteiger partial charge in [-0.05, 0) is 36.8 Å². The predicted octanol–water partition coefficient (Wildman–Crippen LogP) is 3.52. The standard InChI is InChI=1S/C14H14N4O3S2/c1-7-10(13(15-3)23-18-7)14(19)20-8(2)11-16-17-12(21-11)9-5-4-6-22-9/h4-6,8,15H,1-3H3/t8-/m1/s1. The van der Waals surface area contributed by atoms with Crippen molar-refractivity contribution in [3.63, 3.8) is 0 Å². The van der Waals surface area contributed by atoms with Crippen molar-refractivity contribution in [2.24, 2.45) is 0 Å². The summed E-state index contributed by atoms with van der Waals surface area (Å²) in [4.78, 5) is 13.2. The zero-order chi connectivity index (χ0) is 16.4. The summed E-state index contributed by atoms with van der Waals surface area (Å²) in [6, 6.07) is 3.79. The maximum Gasteiger partial charge on any atom is 0.343 e. The second-order valence-electron chi connectivity index (χ2n) is 4.69. The SMILES string of the molecule is CNc1snc(C)c1C(=O)O[C@H](C)c1nnc(-c2cccs2)o1. The van der Waals surface area contributed by atoms with Gasteiger partial charge >= 0.3 is 5.97 Å². The van der Waals surface area contributed by atoms with Crippen LogP contribution >= 0.6 is 22.9 Å². The van der Waals surface area contributed by atoms with Crippen LogP contribution in [0, 0.1) is 6.92 Å². The first-order valence-corrected chi connectivity index (χ1v) is 8.47. The second-order valence-corrected chi connectivity index (χ2v) is 6.41. The fourth-order valence-corrected chi connectivity index (χ4v) is 3.33. The molecule has 0 aliphatic carbocycles. The van der Waals surface area contributed by atoms with Gasteiger partial charge < -0.3 is 14.5 Å². The van der Waals surface area contributed by atoms with Gasteiger partial charge in [-0.2, -0.15) is 4.37 Å². The van der Waals surface area contributed by atoms with Crippen molar-refractivity contribution in [2.75, 3.05) is 12.4 Å². The largest absolute Gasteiger partial charge is 0.449 e. The summed E-state index contributed by atoms with van der Waals surface area (Å²) < 4.78 is 15.2. The third kappa shape index (κ3) is 3.10. The molecule has 23 heavy (non-hydrogen) atoms. The third-order valence-electron chi connectivity index (χ3n) is 3.10. The number of hydrogen-bond acceptors (Lipinski definition) is 9. The Kier molecular flexibility index (Phi) is 4.39. The van der Waals surface area contributed by atoms with Gasteiger partial charge in [0, 0.05) is 7.05 Å². The molecule has 0 unspecified atom stereocenters. The number of nitrogens with zero attached hydrogens (tertiary/aromatic N) is 3. The van der Waals surface area contributed by atoms with Crippen molar-refractivity contribution in [2.45, 2.75) is 20.0 Å². The first-order chi connectivity index (χ1) is 11.1. The van der Waals surface area contributed by atoms with Crippen molar-refractivity contribution < 1.29 is 13.9 Å². The van der Waals surface area contributed by atoms with E-state index in [-0.39, 0.29) is 5.89 Å². The number of carbonyl (C=O) groups is 1. The van der Waals surface area contributed by atoms with Crippen LogP contribution < -0.4 is 5.32 Å². The van der Waals surface area contributed by atoms with E-state index in [9.17, 15) is 4.79 Å². The number of esters is 1. The molecule has 3 aromatic rings. The van der Waals surface area contributed by atoms with Crippen LogP contribution in [-0.2, 0) is 4.74 Å². The van der Waals surface area contributed by atoms with Gasteiger partial charge in [0.1, 0.15) is 10.6 Å². The fraction of sp³-hybridized carbons (Fsp3) is 0.286. The van der Waals surface area contributed by atoms with Gasteiger partial charge in [-0.1, -0.05) is 6.07 Å². The number of hydrogen-bond donors (Lipinski definition) is 1. The minimum absolute atomic E-state index is 0.258. The Labute approximate surface area is 140 Å². The molecule has 1 atom stereocenters. The Balaban J connectivity index is 1.75. The van der Waals surface area contributed by atoms with Crippen LogP contribution in [-0.4, -0.2) is 27.6 Å². The minimum Gasteiger partial charge on any atom is -0.449 e. The minimum atomic E-state index is -0.646. The first-order valence-electron chi connectivity index (χ1n) is 6.82. The lowest BCUT2D eigenvalue weighted by Gasteiger charge is -2.09. The van der Waals surface area contributed by atoms with Crippen LogP contribution in [0.1, 0.15) is 35.0 Å². The monoisotopic (exact) mass is 350 g/mol. The van der Waals surface area contributed by atoms with E-state index in [0.29, 0.717) is 22.1 Å². The van der Waals surface area contributed by atoms with Crippen LogP contribution in [0.25, 0.3) is 10.8 Å². The number of rotatable bonds is 5. The molecule has 0 spiro atoms. The van der Waals surface area contributed by atoms with Crippen molar-refractivity contribution in [1.29, 1.82) is 0 Å². The van der Waals surface area contributed by atoms with E-state index in [0.717, 1.165) is 4.88 Å². The molecule has 0 aliphatic rings. The van der Waals surface area contributed by atoms with Crippen molar-refractivity contribution in [1.82, 2.24) is 14.6 Å². The van der Waals surface area contributed by atoms with Gasteiger partial charge in [-0.15, -0.1) is 21.5 Å². The molecular formula is C14H14N4O3S2. The van der Waals surface area contributed by atoms with E-state index in [1.54, 1.807) is 20.9 Å². The molecule has 0 saturated heterocycles.